The van der Waals surface area contributed by atoms with Crippen molar-refractivity contribution in [1.29, 1.82) is 0 Å². The van der Waals surface area contributed by atoms with Crippen LogP contribution in [0.2, 0.25) is 0 Å². The summed E-state index contributed by atoms with van der Waals surface area (Å²) in [7, 11) is -4.69. The zero-order valence-electron chi connectivity index (χ0n) is 9.38. The molecule has 6 heteroatoms. The van der Waals surface area contributed by atoms with Gasteiger partial charge in [-0.2, -0.15) is 14.0 Å². The van der Waals surface area contributed by atoms with Gasteiger partial charge in [-0.15, -0.1) is 0 Å². The summed E-state index contributed by atoms with van der Waals surface area (Å²) in [6.07, 6.45) is 0. The Morgan fingerprint density at radius 3 is 2.24 bits per heavy atom. The van der Waals surface area contributed by atoms with E-state index in [9.17, 15) is 0 Å². The molecule has 92 valence electrons. The molecule has 2 aromatic rings. The predicted molar refractivity (Wildman–Crippen MR) is 53.4 cm³/mol. The molecule has 1 heterocycles. The molecule has 2 rings (SSSR count). The number of nitrogens with zero attached hydrogens (tertiary/aromatic N) is 1. The van der Waals surface area contributed by atoms with Gasteiger partial charge >= 0.3 is 0 Å². The molecule has 0 saturated heterocycles. The van der Waals surface area contributed by atoms with E-state index in [1.807, 2.05) is 25.1 Å². The second-order valence-corrected chi connectivity index (χ2v) is 4.27. The average molecular weight is 258 g/mol. The molecule has 5 nitrogen and oxygen atoms in total. The number of hydrogen-bond donors (Lipinski definition) is 1. The van der Waals surface area contributed by atoms with Gasteiger partial charge in [0.25, 0.3) is 0 Å². The molecule has 0 atom stereocenters. The molecule has 0 unspecified atom stereocenters. The van der Waals surface area contributed by atoms with Gasteiger partial charge in [0.05, 0.1) is 20.4 Å². The summed E-state index contributed by atoms with van der Waals surface area (Å²) in [6.45, 7) is 4.14. The summed E-state index contributed by atoms with van der Waals surface area (Å²) in [6, 6.07) is 10.4. The fourth-order valence-corrected chi connectivity index (χ4v) is 1.32. The molecule has 0 aliphatic heterocycles. The number of rotatable bonds is 0. The Morgan fingerprint density at radius 1 is 1.12 bits per heavy atom. The monoisotopic (exact) mass is 257 g/mol. The van der Waals surface area contributed by atoms with E-state index in [0.29, 0.717) is 0 Å². The summed E-state index contributed by atoms with van der Waals surface area (Å²) in [5, 5.41) is 1.22. The maximum atomic E-state index is 8.60. The van der Waals surface area contributed by atoms with Crippen LogP contribution in [0, 0.1) is 24.1 Å². The van der Waals surface area contributed by atoms with Gasteiger partial charge in [0.1, 0.15) is 0 Å². The molecule has 0 amide bonds. The van der Waals surface area contributed by atoms with Crippen molar-refractivity contribution in [2.24, 2.45) is 0 Å². The number of halogens is 1. The zero-order chi connectivity index (χ0) is 13.1. The van der Waals surface area contributed by atoms with Crippen molar-refractivity contribution in [3.05, 3.63) is 41.6 Å². The zero-order valence-corrected chi connectivity index (χ0v) is 10.1. The maximum Gasteiger partial charge on any atom is 0.0777 e. The van der Waals surface area contributed by atoms with Crippen LogP contribution in [0.5, 0.6) is 0 Å². The second-order valence-electron chi connectivity index (χ2n) is 3.48. The normalized spacial score (nSPS) is 10.9. The topological polar surface area (TPSA) is 102 Å². The summed E-state index contributed by atoms with van der Waals surface area (Å²) in [5.74, 6) is 0. The summed E-state index contributed by atoms with van der Waals surface area (Å²) in [4.78, 5) is 4.48. The summed E-state index contributed by atoms with van der Waals surface area (Å²) in [5.41, 5.74) is 3.46. The van der Waals surface area contributed by atoms with E-state index in [4.69, 9.17) is 18.6 Å². The highest BCUT2D eigenvalue weighted by Crippen LogP contribution is 2.14. The fraction of sp³-hybridized carbons (Fsp3) is 0.182. The Hall–Kier alpha value is -1.24. The number of para-hydroxylation sites is 1. The van der Waals surface area contributed by atoms with Crippen molar-refractivity contribution in [2.75, 3.05) is 0 Å². The Bertz CT molecular complexity index is 464. The van der Waals surface area contributed by atoms with Crippen LogP contribution in [-0.4, -0.2) is 9.64 Å². The molecule has 0 spiro atoms. The van der Waals surface area contributed by atoms with Crippen LogP contribution in [0.25, 0.3) is 10.9 Å². The maximum absolute atomic E-state index is 8.60. The lowest BCUT2D eigenvalue weighted by atomic mass is 10.1. The van der Waals surface area contributed by atoms with Crippen molar-refractivity contribution in [2.45, 2.75) is 13.8 Å². The molecule has 0 saturated carbocycles. The van der Waals surface area contributed by atoms with Gasteiger partial charge in [-0.1, -0.05) is 18.2 Å². The number of pyridine rings is 1. The van der Waals surface area contributed by atoms with Gasteiger partial charge in [0.15, 0.2) is 0 Å². The highest BCUT2D eigenvalue weighted by atomic mass is 35.7. The van der Waals surface area contributed by atoms with Crippen LogP contribution in [0.3, 0.4) is 0 Å². The first-order chi connectivity index (χ1) is 7.77. The van der Waals surface area contributed by atoms with Crippen LogP contribution in [0.4, 0.5) is 0 Å². The lowest BCUT2D eigenvalue weighted by Gasteiger charge is -2.03. The minimum absolute atomic E-state index is 1.08. The first-order valence-electron chi connectivity index (χ1n) is 4.73. The molecule has 1 aromatic heterocycles. The standard InChI is InChI=1S/C11H11N.ClHO4/c1-8-7-10-5-3-4-6-11(10)12-9(8)2;2-1(3,4)5/h3-7H,1-2H3;(H,2,3,4,5). The average Bonchev–Trinajstić information content (AvgIpc) is 2.17. The van der Waals surface area contributed by atoms with Crippen molar-refractivity contribution in [3.8, 4) is 0 Å². The van der Waals surface area contributed by atoms with E-state index in [-0.39, 0.29) is 0 Å². The van der Waals surface area contributed by atoms with Crippen molar-refractivity contribution >= 4 is 10.9 Å². The molecule has 0 radical (unpaired) electrons. The quantitative estimate of drug-likeness (QED) is 0.634. The van der Waals surface area contributed by atoms with Gasteiger partial charge in [-0.05, 0) is 31.5 Å². The Kier molecular flexibility index (Phi) is 4.39. The van der Waals surface area contributed by atoms with Crippen molar-refractivity contribution in [1.82, 2.24) is 4.98 Å². The van der Waals surface area contributed by atoms with E-state index >= 15 is 0 Å². The van der Waals surface area contributed by atoms with E-state index in [2.05, 4.69) is 24.0 Å². The molecular weight excluding hydrogens is 246 g/mol. The van der Waals surface area contributed by atoms with Gasteiger partial charge in [-0.3, -0.25) is 4.98 Å². The first kappa shape index (κ1) is 13.8. The molecule has 1 aromatic carbocycles. The molecule has 0 bridgehead atoms. The number of fused-ring (bicyclic) bond motifs is 1. The lowest BCUT2D eigenvalue weighted by Crippen LogP contribution is -2.58. The Labute approximate surface area is 101 Å². The van der Waals surface area contributed by atoms with Gasteiger partial charge in [0, 0.05) is 11.1 Å². The van der Waals surface area contributed by atoms with Crippen LogP contribution in [-0.2, 0) is 0 Å². The van der Waals surface area contributed by atoms with E-state index < -0.39 is 10.2 Å². The molecule has 17 heavy (non-hydrogen) atoms. The Morgan fingerprint density at radius 2 is 1.65 bits per heavy atom. The third kappa shape index (κ3) is 5.08. The van der Waals surface area contributed by atoms with Crippen LogP contribution in [0.15, 0.2) is 30.3 Å². The predicted octanol–water partition coefficient (Wildman–Crippen LogP) is -1.27. The third-order valence-electron chi connectivity index (χ3n) is 2.17. The minimum Gasteiger partial charge on any atom is -0.253 e. The number of benzene rings is 1. The SMILES string of the molecule is Cc1cc2ccccc2nc1C.[O-][Cl+3]([O-])([O-])O. The number of aryl methyl sites for hydroxylation is 2. The second kappa shape index (κ2) is 5.39. The van der Waals surface area contributed by atoms with Crippen molar-refractivity contribution in [3.63, 3.8) is 0 Å². The molecule has 1 N–H and O–H groups in total. The number of aromatic nitrogens is 1. The third-order valence-corrected chi connectivity index (χ3v) is 2.17. The van der Waals surface area contributed by atoms with E-state index in [1.165, 1.54) is 10.9 Å². The molecule has 0 aliphatic carbocycles. The molecular formula is C11H12ClNO4. The highest BCUT2D eigenvalue weighted by molar-refractivity contribution is 5.79. The fourth-order valence-electron chi connectivity index (χ4n) is 1.32. The highest BCUT2D eigenvalue weighted by Gasteiger charge is 1.99. The minimum atomic E-state index is -4.69. The molecule has 0 fully saturated rings. The van der Waals surface area contributed by atoms with Gasteiger partial charge in [0.2, 0.25) is 0 Å². The van der Waals surface area contributed by atoms with Crippen LogP contribution in [0.1, 0.15) is 11.3 Å². The Balaban J connectivity index is 0.000000249. The van der Waals surface area contributed by atoms with Gasteiger partial charge < -0.3 is 0 Å². The first-order valence-corrected chi connectivity index (χ1v) is 6.00. The molecule has 0 aliphatic rings. The number of hydrogen-bond acceptors (Lipinski definition) is 5. The summed E-state index contributed by atoms with van der Waals surface area (Å²) < 4.78 is 32.7. The lowest BCUT2D eigenvalue weighted by molar-refractivity contribution is -1.92. The largest absolute Gasteiger partial charge is 0.253 e. The van der Waals surface area contributed by atoms with Crippen LogP contribution >= 0.6 is 0 Å². The van der Waals surface area contributed by atoms with E-state index in [0.717, 1.165) is 11.2 Å². The smallest absolute Gasteiger partial charge is 0.0777 e. The van der Waals surface area contributed by atoms with E-state index in [1.54, 1.807) is 0 Å². The summed E-state index contributed by atoms with van der Waals surface area (Å²) >= 11 is 0. The van der Waals surface area contributed by atoms with Gasteiger partial charge in [-0.25, -0.2) is 0 Å². The van der Waals surface area contributed by atoms with Crippen LogP contribution < -0.4 is 14.0 Å². The van der Waals surface area contributed by atoms with Crippen molar-refractivity contribution < 1.29 is 28.9 Å².